The smallest absolute Gasteiger partial charge is 0.338 e. The lowest BCUT2D eigenvalue weighted by Gasteiger charge is -2.51. The number of benzene rings is 4. The standard InChI is InChI=1S/C42H38O12/c43-33-29-22-48-30-21-28(30)32(33)34(29)54-42-37(53-41(47)27-19-11-4-12-20-27)36(52-40(46)26-17-9-3-10-18-26)35(51-39(45)25-15-7-2-8-16-25)31(50-42)23-49-38(44)24-13-5-1-6-14-24/h1-20,28-37,42-43H,21-23H2/t28-,29?,30+,31?,32?,33?,34+,35+,36?,37-,42-/m0/s1. The number of fused-ring (bicyclic) bond motifs is 4. The molecule has 0 radical (unpaired) electrons. The van der Waals surface area contributed by atoms with Gasteiger partial charge in [-0.25, -0.2) is 19.2 Å². The molecule has 1 N–H and O–H groups in total. The summed E-state index contributed by atoms with van der Waals surface area (Å²) in [4.78, 5) is 54.6. The maximum absolute atomic E-state index is 13.8. The molecular formula is C42H38O12. The van der Waals surface area contributed by atoms with Crippen molar-refractivity contribution in [1.82, 2.24) is 0 Å². The fraction of sp³-hybridized carbons (Fsp3) is 0.333. The molecule has 54 heavy (non-hydrogen) atoms. The molecule has 278 valence electrons. The third-order valence-corrected chi connectivity index (χ3v) is 10.4. The predicted molar refractivity (Wildman–Crippen MR) is 188 cm³/mol. The molecule has 11 atom stereocenters. The second-order valence-corrected chi connectivity index (χ2v) is 13.8. The van der Waals surface area contributed by atoms with Gasteiger partial charge in [-0.2, -0.15) is 0 Å². The summed E-state index contributed by atoms with van der Waals surface area (Å²) in [7, 11) is 0. The van der Waals surface area contributed by atoms with Gasteiger partial charge in [0.25, 0.3) is 0 Å². The van der Waals surface area contributed by atoms with Crippen molar-refractivity contribution in [2.45, 2.75) is 55.4 Å². The maximum Gasteiger partial charge on any atom is 0.338 e. The molecule has 4 aliphatic rings. The molecule has 12 nitrogen and oxygen atoms in total. The minimum Gasteiger partial charge on any atom is -0.459 e. The molecule has 2 bridgehead atoms. The van der Waals surface area contributed by atoms with E-state index < -0.39 is 79.3 Å². The van der Waals surface area contributed by atoms with E-state index in [1.165, 1.54) is 0 Å². The highest BCUT2D eigenvalue weighted by Gasteiger charge is 2.65. The van der Waals surface area contributed by atoms with E-state index in [0.717, 1.165) is 6.42 Å². The Balaban J connectivity index is 1.18. The van der Waals surface area contributed by atoms with Gasteiger partial charge in [-0.3, -0.25) is 0 Å². The Bertz CT molecular complexity index is 1940. The number of ether oxygens (including phenoxy) is 7. The number of aliphatic hydroxyl groups excluding tert-OH is 1. The Kier molecular flexibility index (Phi) is 10.2. The van der Waals surface area contributed by atoms with Crippen molar-refractivity contribution in [2.24, 2.45) is 17.8 Å². The van der Waals surface area contributed by atoms with Crippen LogP contribution < -0.4 is 0 Å². The molecule has 0 aromatic heterocycles. The van der Waals surface area contributed by atoms with Gasteiger partial charge in [-0.05, 0) is 60.9 Å². The second kappa shape index (κ2) is 15.5. The van der Waals surface area contributed by atoms with Crippen molar-refractivity contribution < 1.29 is 57.4 Å². The highest BCUT2D eigenvalue weighted by molar-refractivity contribution is 5.91. The molecule has 0 spiro atoms. The molecular weight excluding hydrogens is 696 g/mol. The highest BCUT2D eigenvalue weighted by Crippen LogP contribution is 2.56. The molecule has 4 aromatic carbocycles. The molecule has 0 amide bonds. The number of hydrogen-bond acceptors (Lipinski definition) is 12. The summed E-state index contributed by atoms with van der Waals surface area (Å²) in [6.45, 7) is -0.209. The van der Waals surface area contributed by atoms with Gasteiger partial charge in [-0.1, -0.05) is 72.8 Å². The van der Waals surface area contributed by atoms with Gasteiger partial charge in [0.1, 0.15) is 12.7 Å². The van der Waals surface area contributed by atoms with Crippen LogP contribution in [0.15, 0.2) is 121 Å². The molecule has 8 rings (SSSR count). The van der Waals surface area contributed by atoms with Crippen molar-refractivity contribution >= 4 is 23.9 Å². The zero-order valence-corrected chi connectivity index (χ0v) is 29.0. The Labute approximate surface area is 310 Å². The Hall–Kier alpha value is -5.40. The first-order valence-electron chi connectivity index (χ1n) is 18.0. The van der Waals surface area contributed by atoms with E-state index in [9.17, 15) is 24.3 Å². The zero-order chi connectivity index (χ0) is 37.2. The van der Waals surface area contributed by atoms with Crippen molar-refractivity contribution in [2.75, 3.05) is 13.2 Å². The average molecular weight is 735 g/mol. The van der Waals surface area contributed by atoms with Gasteiger partial charge >= 0.3 is 23.9 Å². The lowest BCUT2D eigenvalue weighted by Crippen LogP contribution is -2.66. The SMILES string of the molecule is O=C(OCC1O[C@@H](O[C@@H]2C3CO[C@@H]4C[C@@H]4C2C3O)[C@@H](OC(=O)c2ccccc2)C(OC(=O)c2ccccc2)[C@@H]1OC(=O)c1ccccc1)c1ccccc1. The maximum atomic E-state index is 13.8. The third-order valence-electron chi connectivity index (χ3n) is 10.4. The minimum absolute atomic E-state index is 0.0220. The summed E-state index contributed by atoms with van der Waals surface area (Å²) >= 11 is 0. The summed E-state index contributed by atoms with van der Waals surface area (Å²) < 4.78 is 43.2. The third kappa shape index (κ3) is 7.38. The van der Waals surface area contributed by atoms with E-state index in [1.807, 2.05) is 0 Å². The molecule has 2 aliphatic heterocycles. The number of hydrogen-bond donors (Lipinski definition) is 1. The van der Waals surface area contributed by atoms with Crippen LogP contribution in [0.4, 0.5) is 0 Å². The molecule has 2 aliphatic carbocycles. The van der Waals surface area contributed by atoms with E-state index in [0.29, 0.717) is 0 Å². The van der Waals surface area contributed by atoms with Crippen LogP contribution in [0.2, 0.25) is 0 Å². The van der Waals surface area contributed by atoms with Crippen LogP contribution in [0.1, 0.15) is 47.9 Å². The van der Waals surface area contributed by atoms with E-state index >= 15 is 0 Å². The van der Waals surface area contributed by atoms with Gasteiger partial charge in [0.2, 0.25) is 0 Å². The van der Waals surface area contributed by atoms with E-state index in [-0.39, 0.29) is 46.8 Å². The van der Waals surface area contributed by atoms with Crippen molar-refractivity contribution in [3.05, 3.63) is 144 Å². The Morgan fingerprint density at radius 1 is 0.574 bits per heavy atom. The molecule has 12 heteroatoms. The average Bonchev–Trinajstić information content (AvgIpc) is 4.01. The molecule has 2 saturated heterocycles. The number of aliphatic hydroxyl groups is 1. The van der Waals surface area contributed by atoms with Crippen LogP contribution in [0.25, 0.3) is 0 Å². The van der Waals surface area contributed by atoms with Crippen molar-refractivity contribution in [3.63, 3.8) is 0 Å². The van der Waals surface area contributed by atoms with Crippen LogP contribution >= 0.6 is 0 Å². The van der Waals surface area contributed by atoms with Crippen LogP contribution in [0, 0.1) is 17.8 Å². The topological polar surface area (TPSA) is 153 Å². The number of carbonyl (C=O) groups is 4. The van der Waals surface area contributed by atoms with Gasteiger partial charge in [0, 0.05) is 11.8 Å². The summed E-state index contributed by atoms with van der Waals surface area (Å²) in [5.74, 6) is -3.64. The summed E-state index contributed by atoms with van der Waals surface area (Å²) in [5, 5.41) is 11.0. The highest BCUT2D eigenvalue weighted by atomic mass is 16.7. The minimum atomic E-state index is -1.53. The normalized spacial score (nSPS) is 30.6. The van der Waals surface area contributed by atoms with Crippen LogP contribution in [-0.2, 0) is 33.2 Å². The van der Waals surface area contributed by atoms with Crippen LogP contribution in [0.5, 0.6) is 0 Å². The largest absolute Gasteiger partial charge is 0.459 e. The molecule has 2 saturated carbocycles. The first-order chi connectivity index (χ1) is 26.4. The first-order valence-corrected chi connectivity index (χ1v) is 18.0. The van der Waals surface area contributed by atoms with Gasteiger partial charge in [0.15, 0.2) is 24.6 Å². The second-order valence-electron chi connectivity index (χ2n) is 13.8. The molecule has 5 unspecified atom stereocenters. The van der Waals surface area contributed by atoms with Gasteiger partial charge < -0.3 is 38.3 Å². The quantitative estimate of drug-likeness (QED) is 0.169. The molecule has 4 fully saturated rings. The fourth-order valence-corrected chi connectivity index (χ4v) is 7.51. The Morgan fingerprint density at radius 2 is 1.04 bits per heavy atom. The van der Waals surface area contributed by atoms with E-state index in [4.69, 9.17) is 33.2 Å². The van der Waals surface area contributed by atoms with Gasteiger partial charge in [0.05, 0.1) is 47.2 Å². The van der Waals surface area contributed by atoms with Gasteiger partial charge in [-0.15, -0.1) is 0 Å². The number of carbonyl (C=O) groups excluding carboxylic acids is 4. The van der Waals surface area contributed by atoms with E-state index in [2.05, 4.69) is 0 Å². The first kappa shape index (κ1) is 35.6. The van der Waals surface area contributed by atoms with Crippen molar-refractivity contribution in [3.8, 4) is 0 Å². The molecule has 2 heterocycles. The molecule has 4 aromatic rings. The Morgan fingerprint density at radius 3 is 1.56 bits per heavy atom. The summed E-state index contributed by atoms with van der Waals surface area (Å²) in [6.07, 6.45) is -7.67. The van der Waals surface area contributed by atoms with Crippen LogP contribution in [-0.4, -0.2) is 91.2 Å². The van der Waals surface area contributed by atoms with Crippen molar-refractivity contribution in [1.29, 1.82) is 0 Å². The lowest BCUT2D eigenvalue weighted by atomic mass is 9.67. The summed E-state index contributed by atoms with van der Waals surface area (Å²) in [6, 6.07) is 32.8. The number of rotatable bonds is 11. The van der Waals surface area contributed by atoms with E-state index in [1.54, 1.807) is 121 Å². The zero-order valence-electron chi connectivity index (χ0n) is 29.0. The lowest BCUT2D eigenvalue weighted by molar-refractivity contribution is -0.336. The van der Waals surface area contributed by atoms with Crippen LogP contribution in [0.3, 0.4) is 0 Å². The fourth-order valence-electron chi connectivity index (χ4n) is 7.51. The monoisotopic (exact) mass is 734 g/mol. The summed E-state index contributed by atoms with van der Waals surface area (Å²) in [5.41, 5.74) is 0.837. The predicted octanol–water partition coefficient (Wildman–Crippen LogP) is 4.66. The number of esters is 4.